The lowest BCUT2D eigenvalue weighted by Crippen LogP contribution is -1.95. The van der Waals surface area contributed by atoms with Crippen LogP contribution in [0.4, 0.5) is 0 Å². The first kappa shape index (κ1) is 11.3. The van der Waals surface area contributed by atoms with Crippen LogP contribution in [-0.2, 0) is 0 Å². The van der Waals surface area contributed by atoms with E-state index in [1.165, 1.54) is 0 Å². The predicted octanol–water partition coefficient (Wildman–Crippen LogP) is 3.21. The second kappa shape index (κ2) is 4.37. The first-order valence-corrected chi connectivity index (χ1v) is 5.63. The fraction of sp³-hybridized carbons (Fsp3) is 0. The Morgan fingerprint density at radius 3 is 2.69 bits per heavy atom. The van der Waals surface area contributed by atoms with Crippen molar-refractivity contribution in [3.8, 4) is 11.3 Å². The van der Waals surface area contributed by atoms with Crippen LogP contribution in [0.1, 0.15) is 9.67 Å². The van der Waals surface area contributed by atoms with Gasteiger partial charge in [0.25, 0.3) is 0 Å². The summed E-state index contributed by atoms with van der Waals surface area (Å²) in [5.41, 5.74) is 0.886. The molecular weight excluding hydrogens is 271 g/mol. The monoisotopic (exact) mass is 274 g/mol. The van der Waals surface area contributed by atoms with Crippen LogP contribution in [0.15, 0.2) is 18.2 Å². The molecule has 2 aromatic rings. The lowest BCUT2D eigenvalue weighted by atomic mass is 10.1. The van der Waals surface area contributed by atoms with Gasteiger partial charge in [0, 0.05) is 5.56 Å². The van der Waals surface area contributed by atoms with Gasteiger partial charge >= 0.3 is 5.97 Å². The average molecular weight is 275 g/mol. The highest BCUT2D eigenvalue weighted by Gasteiger charge is 2.17. The van der Waals surface area contributed by atoms with E-state index >= 15 is 0 Å². The smallest absolute Gasteiger partial charge is 0.349 e. The maximum atomic E-state index is 10.9. The Kier molecular flexibility index (Phi) is 3.09. The number of carbonyl (C=O) groups is 1. The first-order valence-electron chi connectivity index (χ1n) is 4.10. The van der Waals surface area contributed by atoms with Gasteiger partial charge in [-0.1, -0.05) is 33.8 Å². The SMILES string of the molecule is O=C(O)c1snnc1-c1ccc(Cl)c(Cl)c1. The molecule has 1 N–H and O–H groups in total. The molecule has 1 aromatic heterocycles. The molecule has 0 aliphatic carbocycles. The Labute approximate surface area is 105 Å². The predicted molar refractivity (Wildman–Crippen MR) is 62.3 cm³/mol. The van der Waals surface area contributed by atoms with E-state index in [9.17, 15) is 4.79 Å². The number of nitrogens with zero attached hydrogens (tertiary/aromatic N) is 2. The van der Waals surface area contributed by atoms with Crippen molar-refractivity contribution in [3.05, 3.63) is 33.1 Å². The summed E-state index contributed by atoms with van der Waals surface area (Å²) in [4.78, 5) is 11.0. The van der Waals surface area contributed by atoms with Crippen LogP contribution >= 0.6 is 34.7 Å². The fourth-order valence-electron chi connectivity index (χ4n) is 1.16. The van der Waals surface area contributed by atoms with Gasteiger partial charge in [0.05, 0.1) is 10.0 Å². The van der Waals surface area contributed by atoms with Crippen molar-refractivity contribution >= 4 is 40.7 Å². The Morgan fingerprint density at radius 1 is 1.31 bits per heavy atom. The van der Waals surface area contributed by atoms with Crippen molar-refractivity contribution in [2.45, 2.75) is 0 Å². The summed E-state index contributed by atoms with van der Waals surface area (Å²) < 4.78 is 3.61. The average Bonchev–Trinajstić information content (AvgIpc) is 2.71. The zero-order valence-corrected chi connectivity index (χ0v) is 9.97. The maximum Gasteiger partial charge on any atom is 0.349 e. The molecule has 0 radical (unpaired) electrons. The van der Waals surface area contributed by atoms with E-state index in [-0.39, 0.29) is 4.88 Å². The minimum atomic E-state index is -1.06. The Morgan fingerprint density at radius 2 is 2.06 bits per heavy atom. The minimum absolute atomic E-state index is 0.0818. The van der Waals surface area contributed by atoms with Gasteiger partial charge in [-0.3, -0.25) is 0 Å². The molecule has 82 valence electrons. The second-order valence-electron chi connectivity index (χ2n) is 2.88. The highest BCUT2D eigenvalue weighted by atomic mass is 35.5. The number of benzene rings is 1. The third-order valence-electron chi connectivity index (χ3n) is 1.88. The molecule has 0 spiro atoms. The minimum Gasteiger partial charge on any atom is -0.477 e. The van der Waals surface area contributed by atoms with Gasteiger partial charge in [0.1, 0.15) is 5.69 Å². The third kappa shape index (κ3) is 2.02. The molecule has 0 saturated heterocycles. The molecule has 2 rings (SSSR count). The van der Waals surface area contributed by atoms with Crippen LogP contribution in [0.3, 0.4) is 0 Å². The van der Waals surface area contributed by atoms with E-state index in [4.69, 9.17) is 28.3 Å². The Hall–Kier alpha value is -1.17. The van der Waals surface area contributed by atoms with E-state index in [0.29, 0.717) is 21.3 Å². The number of carboxylic acid groups (broad SMARTS) is 1. The molecule has 0 atom stereocenters. The number of aromatic carboxylic acids is 1. The molecule has 16 heavy (non-hydrogen) atoms. The van der Waals surface area contributed by atoms with E-state index in [1.807, 2.05) is 0 Å². The molecule has 0 aliphatic heterocycles. The number of halogens is 2. The zero-order chi connectivity index (χ0) is 11.7. The van der Waals surface area contributed by atoms with E-state index < -0.39 is 5.97 Å². The summed E-state index contributed by atoms with van der Waals surface area (Å²) in [5.74, 6) is -1.06. The molecule has 0 unspecified atom stereocenters. The molecule has 0 saturated carbocycles. The molecule has 0 amide bonds. The van der Waals surface area contributed by atoms with Gasteiger partial charge in [0.15, 0.2) is 4.88 Å². The molecule has 7 heteroatoms. The molecule has 4 nitrogen and oxygen atoms in total. The third-order valence-corrected chi connectivity index (χ3v) is 3.33. The number of aromatic nitrogens is 2. The molecule has 0 fully saturated rings. The highest BCUT2D eigenvalue weighted by Crippen LogP contribution is 2.30. The normalized spacial score (nSPS) is 10.4. The van der Waals surface area contributed by atoms with Gasteiger partial charge in [-0.15, -0.1) is 5.10 Å². The van der Waals surface area contributed by atoms with E-state index in [1.54, 1.807) is 18.2 Å². The summed E-state index contributed by atoms with van der Waals surface area (Å²) in [7, 11) is 0. The van der Waals surface area contributed by atoms with Crippen molar-refractivity contribution < 1.29 is 9.90 Å². The van der Waals surface area contributed by atoms with Crippen molar-refractivity contribution in [2.75, 3.05) is 0 Å². The highest BCUT2D eigenvalue weighted by molar-refractivity contribution is 7.08. The van der Waals surface area contributed by atoms with Crippen molar-refractivity contribution in [1.29, 1.82) is 0 Å². The molecule has 0 bridgehead atoms. The number of carboxylic acids is 1. The first-order chi connectivity index (χ1) is 7.59. The maximum absolute atomic E-state index is 10.9. The summed E-state index contributed by atoms with van der Waals surface area (Å²) in [6.07, 6.45) is 0. The van der Waals surface area contributed by atoms with Crippen LogP contribution in [0.5, 0.6) is 0 Å². The summed E-state index contributed by atoms with van der Waals surface area (Å²) >= 11 is 12.4. The lowest BCUT2D eigenvalue weighted by Gasteiger charge is -2.00. The van der Waals surface area contributed by atoms with Crippen molar-refractivity contribution in [1.82, 2.24) is 9.59 Å². The van der Waals surface area contributed by atoms with Crippen LogP contribution in [0, 0.1) is 0 Å². The van der Waals surface area contributed by atoms with Gasteiger partial charge < -0.3 is 5.11 Å². The number of rotatable bonds is 2. The summed E-state index contributed by atoms with van der Waals surface area (Å²) in [6, 6.07) is 4.80. The van der Waals surface area contributed by atoms with Gasteiger partial charge in [-0.05, 0) is 23.7 Å². The standard InChI is InChI=1S/C9H4Cl2N2O2S/c10-5-2-1-4(3-6(5)11)7-8(9(14)15)16-13-12-7/h1-3H,(H,14,15). The topological polar surface area (TPSA) is 63.1 Å². The van der Waals surface area contributed by atoms with Gasteiger partial charge in [-0.2, -0.15) is 0 Å². The summed E-state index contributed by atoms with van der Waals surface area (Å²) in [6.45, 7) is 0. The molecule has 0 aliphatic rings. The van der Waals surface area contributed by atoms with Crippen molar-refractivity contribution in [2.24, 2.45) is 0 Å². The Balaban J connectivity index is 2.54. The van der Waals surface area contributed by atoms with Crippen LogP contribution in [0.25, 0.3) is 11.3 Å². The molecular formula is C9H4Cl2N2O2S. The van der Waals surface area contributed by atoms with Gasteiger partial charge in [0.2, 0.25) is 0 Å². The lowest BCUT2D eigenvalue weighted by molar-refractivity contribution is 0.0702. The van der Waals surface area contributed by atoms with Crippen molar-refractivity contribution in [3.63, 3.8) is 0 Å². The van der Waals surface area contributed by atoms with E-state index in [2.05, 4.69) is 9.59 Å². The fourth-order valence-corrected chi connectivity index (χ4v) is 1.99. The molecule has 1 aromatic carbocycles. The van der Waals surface area contributed by atoms with E-state index in [0.717, 1.165) is 11.5 Å². The summed E-state index contributed by atoms with van der Waals surface area (Å²) in [5, 5.41) is 13.4. The van der Waals surface area contributed by atoms with Crippen LogP contribution in [-0.4, -0.2) is 20.7 Å². The number of hydrogen-bond donors (Lipinski definition) is 1. The largest absolute Gasteiger partial charge is 0.477 e. The van der Waals surface area contributed by atoms with Crippen LogP contribution in [0.2, 0.25) is 10.0 Å². The zero-order valence-electron chi connectivity index (χ0n) is 7.65. The van der Waals surface area contributed by atoms with Gasteiger partial charge in [-0.25, -0.2) is 4.79 Å². The quantitative estimate of drug-likeness (QED) is 0.914. The van der Waals surface area contributed by atoms with Crippen LogP contribution < -0.4 is 0 Å². The Bertz CT molecular complexity index is 556. The number of hydrogen-bond acceptors (Lipinski definition) is 4. The second-order valence-corrected chi connectivity index (χ2v) is 4.45. The molecule has 1 heterocycles.